The number of hydrogen-bond donors (Lipinski definition) is 1. The predicted octanol–water partition coefficient (Wildman–Crippen LogP) is 4.69. The van der Waals surface area contributed by atoms with E-state index in [4.69, 9.17) is 21.1 Å². The molecule has 11 heteroatoms. The number of rotatable bonds is 5. The van der Waals surface area contributed by atoms with E-state index in [9.17, 15) is 9.18 Å². The third kappa shape index (κ3) is 5.44. The van der Waals surface area contributed by atoms with E-state index in [1.165, 1.54) is 0 Å². The molecule has 33 heavy (non-hydrogen) atoms. The molecule has 4 rings (SSSR count). The molecule has 180 valence electrons. The van der Waals surface area contributed by atoms with Crippen LogP contribution in [0.5, 0.6) is 6.01 Å². The summed E-state index contributed by atoms with van der Waals surface area (Å²) in [6.07, 6.45) is 1.79. The SMILES string of the molecule is CN1CCCC1COc1nc(NC2CN(C(=O)OC(C)(C)C)C2)c2cc(Cl)c(Br)c(F)c2n1. The monoisotopic (exact) mass is 543 g/mol. The van der Waals surface area contributed by atoms with Crippen molar-refractivity contribution in [3.8, 4) is 6.01 Å². The van der Waals surface area contributed by atoms with Crippen molar-refractivity contribution in [1.29, 1.82) is 0 Å². The number of aromatic nitrogens is 2. The lowest BCUT2D eigenvalue weighted by molar-refractivity contribution is 0.0104. The van der Waals surface area contributed by atoms with Crippen molar-refractivity contribution in [2.75, 3.05) is 38.6 Å². The quantitative estimate of drug-likeness (QED) is 0.547. The predicted molar refractivity (Wildman–Crippen MR) is 129 cm³/mol. The molecule has 0 bridgehead atoms. The fraction of sp³-hybridized carbons (Fsp3) is 0.591. The molecule has 1 atom stereocenters. The number of anilines is 1. The Bertz CT molecular complexity index is 1060. The molecular formula is C22H28BrClFN5O3. The Hall–Kier alpha value is -1.91. The van der Waals surface area contributed by atoms with Gasteiger partial charge in [0, 0.05) is 24.5 Å². The average Bonchev–Trinajstić information content (AvgIpc) is 3.11. The van der Waals surface area contributed by atoms with E-state index < -0.39 is 11.4 Å². The normalized spacial score (nSPS) is 19.6. The minimum absolute atomic E-state index is 0.0742. The molecule has 1 N–H and O–H groups in total. The van der Waals surface area contributed by atoms with Crippen molar-refractivity contribution in [2.24, 2.45) is 0 Å². The van der Waals surface area contributed by atoms with Crippen LogP contribution >= 0.6 is 27.5 Å². The summed E-state index contributed by atoms with van der Waals surface area (Å²) in [4.78, 5) is 24.9. The minimum atomic E-state index is -0.574. The van der Waals surface area contributed by atoms with Crippen LogP contribution in [0.1, 0.15) is 33.6 Å². The number of hydrogen-bond acceptors (Lipinski definition) is 7. The maximum Gasteiger partial charge on any atom is 0.410 e. The van der Waals surface area contributed by atoms with Gasteiger partial charge in [0.25, 0.3) is 0 Å². The topological polar surface area (TPSA) is 79.8 Å². The molecule has 2 aliphatic heterocycles. The first-order chi connectivity index (χ1) is 15.5. The second-order valence-electron chi connectivity index (χ2n) is 9.55. The lowest BCUT2D eigenvalue weighted by Gasteiger charge is -2.40. The van der Waals surface area contributed by atoms with Crippen LogP contribution in [0.3, 0.4) is 0 Å². The van der Waals surface area contributed by atoms with Crippen molar-refractivity contribution in [2.45, 2.75) is 51.3 Å². The van der Waals surface area contributed by atoms with Gasteiger partial charge in [0.05, 0.1) is 15.5 Å². The lowest BCUT2D eigenvalue weighted by Crippen LogP contribution is -2.58. The number of carbonyl (C=O) groups excluding carboxylic acids is 1. The van der Waals surface area contributed by atoms with E-state index >= 15 is 0 Å². The Balaban J connectivity index is 1.54. The summed E-state index contributed by atoms with van der Waals surface area (Å²) in [7, 11) is 2.06. The summed E-state index contributed by atoms with van der Waals surface area (Å²) in [5, 5.41) is 3.95. The summed E-state index contributed by atoms with van der Waals surface area (Å²) in [6, 6.07) is 1.92. The highest BCUT2D eigenvalue weighted by molar-refractivity contribution is 9.10. The number of nitrogens with zero attached hydrogens (tertiary/aromatic N) is 4. The van der Waals surface area contributed by atoms with Crippen LogP contribution < -0.4 is 10.1 Å². The van der Waals surface area contributed by atoms with Gasteiger partial charge < -0.3 is 24.6 Å². The van der Waals surface area contributed by atoms with Gasteiger partial charge in [-0.05, 0) is 69.2 Å². The molecule has 2 fully saturated rings. The number of likely N-dealkylation sites (N-methyl/N-ethyl adjacent to an activating group) is 1. The number of fused-ring (bicyclic) bond motifs is 1. The molecule has 0 aliphatic carbocycles. The molecule has 1 amide bonds. The molecule has 2 aromatic rings. The lowest BCUT2D eigenvalue weighted by atomic mass is 10.1. The van der Waals surface area contributed by atoms with Gasteiger partial charge in [0.2, 0.25) is 0 Å². The van der Waals surface area contributed by atoms with Crippen molar-refractivity contribution in [1.82, 2.24) is 19.8 Å². The zero-order chi connectivity index (χ0) is 23.9. The van der Waals surface area contributed by atoms with Crippen molar-refractivity contribution in [3.63, 3.8) is 0 Å². The van der Waals surface area contributed by atoms with Crippen molar-refractivity contribution in [3.05, 3.63) is 21.4 Å². The minimum Gasteiger partial charge on any atom is -0.462 e. The second kappa shape index (κ2) is 9.38. The van der Waals surface area contributed by atoms with Gasteiger partial charge in [0.15, 0.2) is 5.82 Å². The van der Waals surface area contributed by atoms with E-state index in [2.05, 4.69) is 43.2 Å². The smallest absolute Gasteiger partial charge is 0.410 e. The zero-order valence-electron chi connectivity index (χ0n) is 19.1. The number of amides is 1. The first-order valence-corrected chi connectivity index (χ1v) is 12.1. The molecular weight excluding hydrogens is 517 g/mol. The summed E-state index contributed by atoms with van der Waals surface area (Å²) in [5.41, 5.74) is -0.443. The van der Waals surface area contributed by atoms with Gasteiger partial charge >= 0.3 is 12.1 Å². The highest BCUT2D eigenvalue weighted by Gasteiger charge is 2.34. The standard InChI is InChI=1S/C22H28BrClFN5O3/c1-22(2,3)33-21(31)30-9-12(10-30)26-19-14-8-15(24)16(23)17(25)18(14)27-20(28-19)32-11-13-6-5-7-29(13)4/h8,12-13H,5-7,9-11H2,1-4H3,(H,26,27,28). The maximum absolute atomic E-state index is 15.0. The number of nitrogens with one attached hydrogen (secondary N) is 1. The fourth-order valence-corrected chi connectivity index (χ4v) is 4.42. The molecule has 0 spiro atoms. The van der Waals surface area contributed by atoms with Gasteiger partial charge in [-0.25, -0.2) is 9.18 Å². The Kier molecular flexibility index (Phi) is 6.89. The molecule has 1 unspecified atom stereocenters. The molecule has 2 aliphatic rings. The molecule has 0 saturated carbocycles. The van der Waals surface area contributed by atoms with E-state index in [0.717, 1.165) is 19.4 Å². The maximum atomic E-state index is 15.0. The van der Waals surface area contributed by atoms with Crippen LogP contribution in [0.2, 0.25) is 5.02 Å². The van der Waals surface area contributed by atoms with Gasteiger partial charge in [-0.2, -0.15) is 9.97 Å². The Morgan fingerprint density at radius 1 is 1.36 bits per heavy atom. The second-order valence-corrected chi connectivity index (χ2v) is 10.8. The summed E-state index contributed by atoms with van der Waals surface area (Å²) >= 11 is 9.38. The Labute approximate surface area is 205 Å². The van der Waals surface area contributed by atoms with E-state index in [-0.39, 0.29) is 39.2 Å². The van der Waals surface area contributed by atoms with Gasteiger partial charge in [-0.1, -0.05) is 11.6 Å². The first kappa shape index (κ1) is 24.2. The number of ether oxygens (including phenoxy) is 2. The van der Waals surface area contributed by atoms with Gasteiger partial charge in [-0.15, -0.1) is 0 Å². The van der Waals surface area contributed by atoms with Crippen LogP contribution in [0.4, 0.5) is 15.0 Å². The summed E-state index contributed by atoms with van der Waals surface area (Å²) in [5.74, 6) is -0.160. The molecule has 2 saturated heterocycles. The van der Waals surface area contributed by atoms with Crippen molar-refractivity contribution < 1.29 is 18.7 Å². The largest absolute Gasteiger partial charge is 0.462 e. The van der Waals surface area contributed by atoms with Gasteiger partial charge in [-0.3, -0.25) is 0 Å². The van der Waals surface area contributed by atoms with Gasteiger partial charge in [0.1, 0.15) is 23.5 Å². The zero-order valence-corrected chi connectivity index (χ0v) is 21.5. The summed E-state index contributed by atoms with van der Waals surface area (Å²) in [6.45, 7) is 7.81. The first-order valence-electron chi connectivity index (χ1n) is 10.9. The van der Waals surface area contributed by atoms with Crippen LogP contribution in [-0.4, -0.2) is 76.8 Å². The molecule has 8 nitrogen and oxygen atoms in total. The van der Waals surface area contributed by atoms with Crippen LogP contribution in [0.25, 0.3) is 10.9 Å². The summed E-state index contributed by atoms with van der Waals surface area (Å²) < 4.78 is 26.4. The van der Waals surface area contributed by atoms with E-state index in [0.29, 0.717) is 30.9 Å². The molecule has 1 aromatic carbocycles. The number of halogens is 3. The van der Waals surface area contributed by atoms with E-state index in [1.54, 1.807) is 11.0 Å². The number of carbonyl (C=O) groups is 1. The molecule has 1 aromatic heterocycles. The third-order valence-corrected chi connectivity index (χ3v) is 7.06. The Morgan fingerprint density at radius 2 is 2.09 bits per heavy atom. The molecule has 3 heterocycles. The fourth-order valence-electron chi connectivity index (χ4n) is 3.93. The molecule has 0 radical (unpaired) electrons. The average molecular weight is 545 g/mol. The Morgan fingerprint density at radius 3 is 2.73 bits per heavy atom. The van der Waals surface area contributed by atoms with Crippen molar-refractivity contribution >= 4 is 50.3 Å². The highest BCUT2D eigenvalue weighted by atomic mass is 79.9. The van der Waals surface area contributed by atoms with E-state index in [1.807, 2.05) is 20.8 Å². The third-order valence-electron chi connectivity index (χ3n) is 5.76. The van der Waals surface area contributed by atoms with Crippen LogP contribution in [0, 0.1) is 5.82 Å². The highest BCUT2D eigenvalue weighted by Crippen LogP contribution is 2.35. The number of benzene rings is 1. The van der Waals surface area contributed by atoms with Crippen LogP contribution in [-0.2, 0) is 4.74 Å². The van der Waals surface area contributed by atoms with Crippen LogP contribution in [0.15, 0.2) is 10.5 Å². The number of likely N-dealkylation sites (tertiary alicyclic amines) is 2.